The summed E-state index contributed by atoms with van der Waals surface area (Å²) in [4.78, 5) is 2.35. The third kappa shape index (κ3) is 1.73. The minimum Gasteiger partial charge on any atom is -0.349 e. The standard InChI is InChI=1S/C14H18N4/c1-3-18(11-8-15-9-11)14-13-7-5-4-6-12(13)10(2)16-17-14/h4-7,11,15H,3,8-9H2,1-2H3. The number of likely N-dealkylation sites (N-methyl/N-ethyl adjacent to an activating group) is 1. The van der Waals surface area contributed by atoms with E-state index in [1.54, 1.807) is 0 Å². The lowest BCUT2D eigenvalue weighted by Crippen LogP contribution is -2.57. The van der Waals surface area contributed by atoms with E-state index in [9.17, 15) is 0 Å². The second-order valence-corrected chi connectivity index (χ2v) is 4.75. The highest BCUT2D eigenvalue weighted by Gasteiger charge is 2.26. The van der Waals surface area contributed by atoms with E-state index < -0.39 is 0 Å². The molecule has 0 saturated carbocycles. The van der Waals surface area contributed by atoms with Crippen molar-refractivity contribution in [2.24, 2.45) is 0 Å². The number of fused-ring (bicyclic) bond motifs is 1. The number of rotatable bonds is 3. The van der Waals surface area contributed by atoms with Crippen LogP contribution in [-0.4, -0.2) is 35.9 Å². The summed E-state index contributed by atoms with van der Waals surface area (Å²) in [5.74, 6) is 1.02. The highest BCUT2D eigenvalue weighted by atomic mass is 15.3. The number of nitrogens with one attached hydrogen (secondary N) is 1. The maximum absolute atomic E-state index is 4.43. The van der Waals surface area contributed by atoms with Crippen molar-refractivity contribution in [1.29, 1.82) is 0 Å². The van der Waals surface area contributed by atoms with Crippen LogP contribution in [0.15, 0.2) is 24.3 Å². The molecule has 1 aromatic carbocycles. The van der Waals surface area contributed by atoms with Gasteiger partial charge in [-0.2, -0.15) is 5.10 Å². The first-order valence-corrected chi connectivity index (χ1v) is 6.50. The molecule has 0 amide bonds. The van der Waals surface area contributed by atoms with Crippen LogP contribution >= 0.6 is 0 Å². The van der Waals surface area contributed by atoms with E-state index >= 15 is 0 Å². The fraction of sp³-hybridized carbons (Fsp3) is 0.429. The summed E-state index contributed by atoms with van der Waals surface area (Å²) in [6, 6.07) is 8.94. The number of hydrogen-bond acceptors (Lipinski definition) is 4. The van der Waals surface area contributed by atoms with Crippen molar-refractivity contribution in [3.05, 3.63) is 30.0 Å². The Kier molecular flexibility index (Phi) is 2.88. The summed E-state index contributed by atoms with van der Waals surface area (Å²) in [5.41, 5.74) is 0.997. The molecule has 1 aromatic heterocycles. The van der Waals surface area contributed by atoms with Gasteiger partial charge in [0.05, 0.1) is 11.7 Å². The Morgan fingerprint density at radius 2 is 1.94 bits per heavy atom. The molecule has 0 bridgehead atoms. The van der Waals surface area contributed by atoms with Crippen LogP contribution in [0.5, 0.6) is 0 Å². The van der Waals surface area contributed by atoms with E-state index in [0.717, 1.165) is 31.1 Å². The molecule has 4 nitrogen and oxygen atoms in total. The predicted octanol–water partition coefficient (Wildman–Crippen LogP) is 1.74. The van der Waals surface area contributed by atoms with E-state index in [2.05, 4.69) is 51.6 Å². The summed E-state index contributed by atoms with van der Waals surface area (Å²) in [6.07, 6.45) is 0. The van der Waals surface area contributed by atoms with Gasteiger partial charge in [-0.1, -0.05) is 24.3 Å². The van der Waals surface area contributed by atoms with E-state index in [1.807, 2.05) is 6.92 Å². The lowest BCUT2D eigenvalue weighted by molar-refractivity contribution is 0.415. The van der Waals surface area contributed by atoms with Gasteiger partial charge in [0.15, 0.2) is 5.82 Å². The summed E-state index contributed by atoms with van der Waals surface area (Å²) < 4.78 is 0. The molecule has 4 heteroatoms. The number of aryl methyl sites for hydroxylation is 1. The molecule has 1 aliphatic heterocycles. The molecule has 0 atom stereocenters. The van der Waals surface area contributed by atoms with Crippen LogP contribution in [0.3, 0.4) is 0 Å². The van der Waals surface area contributed by atoms with E-state index in [-0.39, 0.29) is 0 Å². The molecular formula is C14H18N4. The molecule has 0 unspecified atom stereocenters. The largest absolute Gasteiger partial charge is 0.349 e. The Balaban J connectivity index is 2.13. The zero-order valence-electron chi connectivity index (χ0n) is 10.8. The van der Waals surface area contributed by atoms with Crippen LogP contribution < -0.4 is 10.2 Å². The molecule has 1 fully saturated rings. The van der Waals surface area contributed by atoms with Crippen molar-refractivity contribution in [3.8, 4) is 0 Å². The van der Waals surface area contributed by atoms with Gasteiger partial charge < -0.3 is 10.2 Å². The third-order valence-corrected chi connectivity index (χ3v) is 3.67. The molecule has 2 aromatic rings. The third-order valence-electron chi connectivity index (χ3n) is 3.67. The van der Waals surface area contributed by atoms with Gasteiger partial charge in [-0.15, -0.1) is 5.10 Å². The summed E-state index contributed by atoms with van der Waals surface area (Å²) in [6.45, 7) is 7.23. The van der Waals surface area contributed by atoms with Gasteiger partial charge in [-0.3, -0.25) is 0 Å². The fourth-order valence-electron chi connectivity index (χ4n) is 2.51. The fourth-order valence-corrected chi connectivity index (χ4v) is 2.51. The molecule has 18 heavy (non-hydrogen) atoms. The molecule has 1 aliphatic rings. The second-order valence-electron chi connectivity index (χ2n) is 4.75. The van der Waals surface area contributed by atoms with Crippen LogP contribution in [0.4, 0.5) is 5.82 Å². The van der Waals surface area contributed by atoms with Gasteiger partial charge in [0.2, 0.25) is 0 Å². The predicted molar refractivity (Wildman–Crippen MR) is 74.0 cm³/mol. The van der Waals surface area contributed by atoms with Crippen LogP contribution in [0.1, 0.15) is 12.6 Å². The highest BCUT2D eigenvalue weighted by Crippen LogP contribution is 2.27. The Morgan fingerprint density at radius 1 is 1.22 bits per heavy atom. The van der Waals surface area contributed by atoms with Gasteiger partial charge in [-0.05, 0) is 13.8 Å². The lowest BCUT2D eigenvalue weighted by Gasteiger charge is -2.38. The number of nitrogens with zero attached hydrogens (tertiary/aromatic N) is 3. The second kappa shape index (κ2) is 4.53. The quantitative estimate of drug-likeness (QED) is 0.890. The molecule has 1 saturated heterocycles. The maximum Gasteiger partial charge on any atom is 0.159 e. The number of anilines is 1. The lowest BCUT2D eigenvalue weighted by atomic mass is 10.1. The zero-order valence-corrected chi connectivity index (χ0v) is 10.8. The normalized spacial score (nSPS) is 15.7. The molecule has 0 radical (unpaired) electrons. The van der Waals surface area contributed by atoms with Crippen molar-refractivity contribution in [3.63, 3.8) is 0 Å². The average Bonchev–Trinajstić information content (AvgIpc) is 2.35. The molecule has 1 N–H and O–H groups in total. The van der Waals surface area contributed by atoms with Gasteiger partial charge in [0.1, 0.15) is 0 Å². The number of hydrogen-bond donors (Lipinski definition) is 1. The van der Waals surface area contributed by atoms with E-state index in [0.29, 0.717) is 6.04 Å². The van der Waals surface area contributed by atoms with E-state index in [1.165, 1.54) is 10.8 Å². The topological polar surface area (TPSA) is 41.1 Å². The summed E-state index contributed by atoms with van der Waals surface area (Å²) >= 11 is 0. The molecule has 0 aliphatic carbocycles. The first kappa shape index (κ1) is 11.4. The Morgan fingerprint density at radius 3 is 2.56 bits per heavy atom. The Hall–Kier alpha value is -1.68. The van der Waals surface area contributed by atoms with Crippen molar-refractivity contribution in [2.45, 2.75) is 19.9 Å². The maximum atomic E-state index is 4.43. The van der Waals surface area contributed by atoms with Crippen LogP contribution in [0.2, 0.25) is 0 Å². The molecule has 94 valence electrons. The van der Waals surface area contributed by atoms with Gasteiger partial charge in [0.25, 0.3) is 0 Å². The van der Waals surface area contributed by atoms with Gasteiger partial charge in [0, 0.05) is 30.4 Å². The molecular weight excluding hydrogens is 224 g/mol. The minimum absolute atomic E-state index is 0.551. The number of aromatic nitrogens is 2. The SMILES string of the molecule is CCN(c1nnc(C)c2ccccc12)C1CNC1. The molecule has 3 rings (SSSR count). The average molecular weight is 242 g/mol. The van der Waals surface area contributed by atoms with Crippen molar-refractivity contribution in [1.82, 2.24) is 15.5 Å². The summed E-state index contributed by atoms with van der Waals surface area (Å²) in [5, 5.41) is 14.5. The highest BCUT2D eigenvalue weighted by molar-refractivity contribution is 5.93. The monoisotopic (exact) mass is 242 g/mol. The molecule has 0 spiro atoms. The van der Waals surface area contributed by atoms with Crippen LogP contribution in [0.25, 0.3) is 10.8 Å². The minimum atomic E-state index is 0.551. The van der Waals surface area contributed by atoms with Crippen LogP contribution in [-0.2, 0) is 0 Å². The van der Waals surface area contributed by atoms with Gasteiger partial charge in [-0.25, -0.2) is 0 Å². The number of benzene rings is 1. The Bertz CT molecular complexity index is 563. The smallest absolute Gasteiger partial charge is 0.159 e. The zero-order chi connectivity index (χ0) is 12.5. The van der Waals surface area contributed by atoms with Crippen molar-refractivity contribution >= 4 is 16.6 Å². The van der Waals surface area contributed by atoms with Gasteiger partial charge >= 0.3 is 0 Å². The van der Waals surface area contributed by atoms with E-state index in [4.69, 9.17) is 0 Å². The van der Waals surface area contributed by atoms with Crippen molar-refractivity contribution < 1.29 is 0 Å². The molecule has 2 heterocycles. The van der Waals surface area contributed by atoms with Crippen molar-refractivity contribution in [2.75, 3.05) is 24.5 Å². The first-order valence-electron chi connectivity index (χ1n) is 6.50. The van der Waals surface area contributed by atoms with Crippen LogP contribution in [0, 0.1) is 6.92 Å². The first-order chi connectivity index (χ1) is 8.81. The Labute approximate surface area is 107 Å². The summed E-state index contributed by atoms with van der Waals surface area (Å²) in [7, 11) is 0.